The minimum atomic E-state index is -0.492. The zero-order valence-electron chi connectivity index (χ0n) is 11.1. The third-order valence-electron chi connectivity index (χ3n) is 3.63. The summed E-state index contributed by atoms with van der Waals surface area (Å²) in [5, 5.41) is 0. The summed E-state index contributed by atoms with van der Waals surface area (Å²) >= 11 is 0. The molecular formula is C15H18O4. The van der Waals surface area contributed by atoms with Gasteiger partial charge >= 0.3 is 5.97 Å². The Morgan fingerprint density at radius 2 is 1.79 bits per heavy atom. The van der Waals surface area contributed by atoms with Crippen molar-refractivity contribution in [2.45, 2.75) is 51.2 Å². The van der Waals surface area contributed by atoms with Crippen molar-refractivity contribution in [3.8, 4) is 17.2 Å². The van der Waals surface area contributed by atoms with Gasteiger partial charge in [0.15, 0.2) is 11.5 Å². The van der Waals surface area contributed by atoms with Crippen molar-refractivity contribution >= 4 is 5.97 Å². The standard InChI is InChI=1S/C15H18O4/c1-11(16)17-12-6-7-13-14(10-12)19-15(18-13)8-4-2-3-5-9-15/h6-7,10H,2-5,8-9H2,1H3. The largest absolute Gasteiger partial charge is 0.448 e. The maximum atomic E-state index is 11.0. The maximum Gasteiger partial charge on any atom is 0.308 e. The fourth-order valence-electron chi connectivity index (χ4n) is 2.77. The molecule has 4 heteroatoms. The zero-order valence-corrected chi connectivity index (χ0v) is 11.1. The molecule has 0 unspecified atom stereocenters. The predicted octanol–water partition coefficient (Wildman–Crippen LogP) is 3.43. The minimum absolute atomic E-state index is 0.331. The number of fused-ring (bicyclic) bond motifs is 1. The summed E-state index contributed by atoms with van der Waals surface area (Å²) in [7, 11) is 0. The van der Waals surface area contributed by atoms with Gasteiger partial charge in [-0.1, -0.05) is 12.8 Å². The van der Waals surface area contributed by atoms with Crippen molar-refractivity contribution in [1.29, 1.82) is 0 Å². The van der Waals surface area contributed by atoms with Gasteiger partial charge in [-0.25, -0.2) is 0 Å². The van der Waals surface area contributed by atoms with Crippen LogP contribution >= 0.6 is 0 Å². The lowest BCUT2D eigenvalue weighted by atomic mass is 10.1. The van der Waals surface area contributed by atoms with Crippen LogP contribution in [0.2, 0.25) is 0 Å². The van der Waals surface area contributed by atoms with Gasteiger partial charge in [-0.2, -0.15) is 0 Å². The highest BCUT2D eigenvalue weighted by Crippen LogP contribution is 2.46. The van der Waals surface area contributed by atoms with E-state index in [4.69, 9.17) is 14.2 Å². The van der Waals surface area contributed by atoms with Gasteiger partial charge in [0, 0.05) is 25.8 Å². The van der Waals surface area contributed by atoms with Gasteiger partial charge in [-0.15, -0.1) is 0 Å². The Morgan fingerprint density at radius 1 is 1.11 bits per heavy atom. The van der Waals surface area contributed by atoms with Gasteiger partial charge in [-0.05, 0) is 25.0 Å². The van der Waals surface area contributed by atoms with Crippen LogP contribution in [0.5, 0.6) is 17.2 Å². The van der Waals surface area contributed by atoms with E-state index in [1.165, 1.54) is 19.8 Å². The van der Waals surface area contributed by atoms with Gasteiger partial charge in [0.1, 0.15) is 5.75 Å². The number of carbonyl (C=O) groups excluding carboxylic acids is 1. The van der Waals surface area contributed by atoms with Gasteiger partial charge < -0.3 is 14.2 Å². The number of hydrogen-bond acceptors (Lipinski definition) is 4. The SMILES string of the molecule is CC(=O)Oc1ccc2c(c1)OC1(CCCCCC1)O2. The van der Waals surface area contributed by atoms with Crippen LogP contribution in [-0.4, -0.2) is 11.8 Å². The Hall–Kier alpha value is -1.71. The monoisotopic (exact) mass is 262 g/mol. The fourth-order valence-corrected chi connectivity index (χ4v) is 2.77. The summed E-state index contributed by atoms with van der Waals surface area (Å²) in [5.74, 6) is 1.11. The third-order valence-corrected chi connectivity index (χ3v) is 3.63. The topological polar surface area (TPSA) is 44.8 Å². The molecule has 0 saturated heterocycles. The van der Waals surface area contributed by atoms with E-state index in [1.54, 1.807) is 12.1 Å². The molecule has 1 spiro atoms. The Kier molecular flexibility index (Phi) is 3.09. The van der Waals surface area contributed by atoms with E-state index in [9.17, 15) is 4.79 Å². The van der Waals surface area contributed by atoms with Gasteiger partial charge in [0.2, 0.25) is 0 Å². The van der Waals surface area contributed by atoms with E-state index >= 15 is 0 Å². The number of rotatable bonds is 1. The first kappa shape index (κ1) is 12.3. The van der Waals surface area contributed by atoms with Crippen LogP contribution in [0.15, 0.2) is 18.2 Å². The molecule has 0 atom stereocenters. The van der Waals surface area contributed by atoms with Crippen LogP contribution < -0.4 is 14.2 Å². The van der Waals surface area contributed by atoms with Crippen LogP contribution in [0.3, 0.4) is 0 Å². The molecule has 1 saturated carbocycles. The van der Waals surface area contributed by atoms with Crippen molar-refractivity contribution in [2.24, 2.45) is 0 Å². The molecule has 0 N–H and O–H groups in total. The summed E-state index contributed by atoms with van der Waals surface area (Å²) in [4.78, 5) is 11.0. The molecule has 1 heterocycles. The van der Waals surface area contributed by atoms with Crippen molar-refractivity contribution in [3.05, 3.63) is 18.2 Å². The lowest BCUT2D eigenvalue weighted by molar-refractivity contribution is -0.131. The molecule has 1 aromatic rings. The molecule has 1 fully saturated rings. The summed E-state index contributed by atoms with van der Waals surface area (Å²) < 4.78 is 17.1. The van der Waals surface area contributed by atoms with E-state index in [0.29, 0.717) is 11.5 Å². The molecular weight excluding hydrogens is 244 g/mol. The molecule has 2 aliphatic rings. The molecule has 0 radical (unpaired) electrons. The summed E-state index contributed by atoms with van der Waals surface area (Å²) in [6.45, 7) is 1.39. The molecule has 3 rings (SSSR count). The first-order valence-corrected chi connectivity index (χ1v) is 6.87. The van der Waals surface area contributed by atoms with Crippen LogP contribution in [0.4, 0.5) is 0 Å². The third kappa shape index (κ3) is 2.53. The van der Waals surface area contributed by atoms with Gasteiger partial charge in [0.05, 0.1) is 0 Å². The second-order valence-corrected chi connectivity index (χ2v) is 5.23. The average Bonchev–Trinajstić information content (AvgIpc) is 2.54. The van der Waals surface area contributed by atoms with E-state index in [0.717, 1.165) is 31.4 Å². The first-order valence-electron chi connectivity index (χ1n) is 6.87. The quantitative estimate of drug-likeness (QED) is 0.574. The fraction of sp³-hybridized carbons (Fsp3) is 0.533. The molecule has 1 aliphatic carbocycles. The molecule has 19 heavy (non-hydrogen) atoms. The van der Waals surface area contributed by atoms with E-state index < -0.39 is 5.79 Å². The molecule has 1 aliphatic heterocycles. The highest BCUT2D eigenvalue weighted by atomic mass is 16.7. The van der Waals surface area contributed by atoms with Crippen molar-refractivity contribution in [1.82, 2.24) is 0 Å². The summed E-state index contributed by atoms with van der Waals surface area (Å²) in [6, 6.07) is 5.28. The average molecular weight is 262 g/mol. The molecule has 0 bridgehead atoms. The number of esters is 1. The number of ether oxygens (including phenoxy) is 3. The smallest absolute Gasteiger partial charge is 0.308 e. The predicted molar refractivity (Wildman–Crippen MR) is 69.4 cm³/mol. The molecule has 0 amide bonds. The highest BCUT2D eigenvalue weighted by Gasteiger charge is 2.41. The van der Waals surface area contributed by atoms with Crippen molar-refractivity contribution in [3.63, 3.8) is 0 Å². The second kappa shape index (κ2) is 4.76. The lowest BCUT2D eigenvalue weighted by Crippen LogP contribution is -2.37. The van der Waals surface area contributed by atoms with E-state index in [2.05, 4.69) is 0 Å². The number of hydrogen-bond donors (Lipinski definition) is 0. The normalized spacial score (nSPS) is 20.1. The summed E-state index contributed by atoms with van der Waals surface area (Å²) in [6.07, 6.45) is 6.58. The molecule has 1 aromatic carbocycles. The Morgan fingerprint density at radius 3 is 2.47 bits per heavy atom. The van der Waals surface area contributed by atoms with Crippen molar-refractivity contribution in [2.75, 3.05) is 0 Å². The first-order chi connectivity index (χ1) is 9.17. The van der Waals surface area contributed by atoms with E-state index in [1.807, 2.05) is 6.07 Å². The minimum Gasteiger partial charge on any atom is -0.448 e. The Labute approximate surface area is 112 Å². The molecule has 102 valence electrons. The Bertz CT molecular complexity index is 487. The zero-order chi connectivity index (χ0) is 13.3. The van der Waals surface area contributed by atoms with Crippen LogP contribution in [0.1, 0.15) is 45.4 Å². The lowest BCUT2D eigenvalue weighted by Gasteiger charge is -2.25. The van der Waals surface area contributed by atoms with Gasteiger partial charge in [0.25, 0.3) is 5.79 Å². The maximum absolute atomic E-state index is 11.0. The second-order valence-electron chi connectivity index (χ2n) is 5.23. The molecule has 4 nitrogen and oxygen atoms in total. The van der Waals surface area contributed by atoms with Crippen LogP contribution in [0.25, 0.3) is 0 Å². The molecule has 0 aromatic heterocycles. The number of benzene rings is 1. The number of carbonyl (C=O) groups is 1. The van der Waals surface area contributed by atoms with E-state index in [-0.39, 0.29) is 5.97 Å². The van der Waals surface area contributed by atoms with Gasteiger partial charge in [-0.3, -0.25) is 4.79 Å². The summed E-state index contributed by atoms with van der Waals surface area (Å²) in [5.41, 5.74) is 0. The van der Waals surface area contributed by atoms with Crippen molar-refractivity contribution < 1.29 is 19.0 Å². The van der Waals surface area contributed by atoms with Crippen LogP contribution in [-0.2, 0) is 4.79 Å². The Balaban J connectivity index is 1.81. The van der Waals surface area contributed by atoms with Crippen LogP contribution in [0, 0.1) is 0 Å². The highest BCUT2D eigenvalue weighted by molar-refractivity contribution is 5.69.